The first-order valence-electron chi connectivity index (χ1n) is 9.54. The molecule has 2 aromatic heterocycles. The molecule has 1 amide bonds. The average molecular weight is 420 g/mol. The Bertz CT molecular complexity index is 1090. The molecule has 0 spiro atoms. The first kappa shape index (κ1) is 19.8. The summed E-state index contributed by atoms with van der Waals surface area (Å²) in [7, 11) is 0. The van der Waals surface area contributed by atoms with Crippen molar-refractivity contribution in [1.82, 2.24) is 9.88 Å². The second-order valence-electron chi connectivity index (χ2n) is 6.76. The topological polar surface area (TPSA) is 79.7 Å². The van der Waals surface area contributed by atoms with Gasteiger partial charge in [-0.1, -0.05) is 24.3 Å². The molecule has 1 fully saturated rings. The maximum Gasteiger partial charge on any atom is 0.295 e. The molecule has 1 aliphatic rings. The van der Waals surface area contributed by atoms with Crippen molar-refractivity contribution in [2.24, 2.45) is 0 Å². The minimum atomic E-state index is -0.698. The van der Waals surface area contributed by atoms with Crippen LogP contribution in [0.4, 0.5) is 0 Å². The third-order valence-corrected chi connectivity index (χ3v) is 5.77. The quantitative estimate of drug-likeness (QED) is 0.368. The Morgan fingerprint density at radius 2 is 2.07 bits per heavy atom. The number of aliphatic hydroxyl groups excluding tert-OH is 1. The molecule has 1 saturated heterocycles. The van der Waals surface area contributed by atoms with Crippen LogP contribution in [0.1, 0.15) is 29.0 Å². The summed E-state index contributed by atoms with van der Waals surface area (Å²) in [6.45, 7) is 2.57. The lowest BCUT2D eigenvalue weighted by Crippen LogP contribution is -2.28. The molecule has 1 aliphatic heterocycles. The van der Waals surface area contributed by atoms with Crippen LogP contribution in [0.3, 0.4) is 0 Å². The van der Waals surface area contributed by atoms with Gasteiger partial charge >= 0.3 is 0 Å². The van der Waals surface area contributed by atoms with Gasteiger partial charge in [-0.15, -0.1) is 11.3 Å². The normalized spacial score (nSPS) is 18.0. The number of aromatic nitrogens is 1. The zero-order valence-electron chi connectivity index (χ0n) is 16.3. The van der Waals surface area contributed by atoms with E-state index in [1.807, 2.05) is 30.5 Å². The highest BCUT2D eigenvalue weighted by Gasteiger charge is 2.46. The van der Waals surface area contributed by atoms with Gasteiger partial charge in [-0.25, -0.2) is 0 Å². The van der Waals surface area contributed by atoms with E-state index in [2.05, 4.69) is 4.98 Å². The van der Waals surface area contributed by atoms with E-state index in [1.165, 1.54) is 16.2 Å². The van der Waals surface area contributed by atoms with Gasteiger partial charge in [0, 0.05) is 29.4 Å². The molecule has 6 nitrogen and oxygen atoms in total. The average Bonchev–Trinajstić information content (AvgIpc) is 3.37. The third kappa shape index (κ3) is 3.71. The van der Waals surface area contributed by atoms with Gasteiger partial charge in [-0.2, -0.15) is 0 Å². The maximum absolute atomic E-state index is 13.0. The lowest BCUT2D eigenvalue weighted by atomic mass is 9.99. The van der Waals surface area contributed by atoms with E-state index in [-0.39, 0.29) is 17.9 Å². The molecule has 3 aromatic rings. The van der Waals surface area contributed by atoms with E-state index in [0.717, 1.165) is 10.4 Å². The second kappa shape index (κ2) is 8.51. The molecule has 1 atom stereocenters. The maximum atomic E-state index is 13.0. The number of Topliss-reactive ketones (excluding diaryl/α,β-unsaturated/α-hetero) is 1. The fourth-order valence-electron chi connectivity index (χ4n) is 3.53. The van der Waals surface area contributed by atoms with Gasteiger partial charge in [0.1, 0.15) is 11.5 Å². The van der Waals surface area contributed by atoms with E-state index in [9.17, 15) is 14.7 Å². The number of ether oxygens (including phenoxy) is 1. The summed E-state index contributed by atoms with van der Waals surface area (Å²) in [4.78, 5) is 32.3. The number of thiophene rings is 1. The van der Waals surface area contributed by atoms with Crippen molar-refractivity contribution in [2.45, 2.75) is 19.5 Å². The molecule has 4 rings (SSSR count). The summed E-state index contributed by atoms with van der Waals surface area (Å²) in [6.07, 6.45) is 3.32. The summed E-state index contributed by atoms with van der Waals surface area (Å²) in [5, 5.41) is 13.0. The Balaban J connectivity index is 1.81. The standard InChI is InChI=1S/C23H20N2O4S/c1-2-29-17-8-3-7-16(12-17)21(26)19-20(18-9-5-11-30-18)25(23(28)22(19)27)14-15-6-4-10-24-13-15/h3-13,20,26H,2,14H2,1H3. The summed E-state index contributed by atoms with van der Waals surface area (Å²) in [6, 6.07) is 13.6. The van der Waals surface area contributed by atoms with Crippen LogP contribution >= 0.6 is 11.3 Å². The molecule has 0 bridgehead atoms. The number of rotatable bonds is 6. The van der Waals surface area contributed by atoms with E-state index >= 15 is 0 Å². The number of ketones is 1. The number of carbonyl (C=O) groups is 2. The van der Waals surface area contributed by atoms with Gasteiger partial charge in [0.15, 0.2) is 0 Å². The van der Waals surface area contributed by atoms with Crippen LogP contribution in [-0.2, 0) is 16.1 Å². The van der Waals surface area contributed by atoms with Gasteiger partial charge in [-0.3, -0.25) is 14.6 Å². The lowest BCUT2D eigenvalue weighted by molar-refractivity contribution is -0.140. The highest BCUT2D eigenvalue weighted by molar-refractivity contribution is 7.10. The van der Waals surface area contributed by atoms with Gasteiger partial charge in [0.05, 0.1) is 18.2 Å². The van der Waals surface area contributed by atoms with Crippen molar-refractivity contribution < 1.29 is 19.4 Å². The van der Waals surface area contributed by atoms with Crippen LogP contribution < -0.4 is 4.74 Å². The zero-order chi connectivity index (χ0) is 21.1. The first-order valence-corrected chi connectivity index (χ1v) is 10.4. The Hall–Kier alpha value is -3.45. The Kier molecular flexibility index (Phi) is 5.63. The Morgan fingerprint density at radius 3 is 2.77 bits per heavy atom. The number of pyridine rings is 1. The number of hydrogen-bond acceptors (Lipinski definition) is 6. The number of amides is 1. The number of likely N-dealkylation sites (tertiary alicyclic amines) is 1. The van der Waals surface area contributed by atoms with Crippen molar-refractivity contribution in [2.75, 3.05) is 6.61 Å². The van der Waals surface area contributed by atoms with Crippen LogP contribution in [0.25, 0.3) is 5.76 Å². The molecular formula is C23H20N2O4S. The van der Waals surface area contributed by atoms with E-state index < -0.39 is 17.7 Å². The number of carbonyl (C=O) groups excluding carboxylic acids is 2. The highest BCUT2D eigenvalue weighted by Crippen LogP contribution is 2.42. The Labute approximate surface area is 178 Å². The van der Waals surface area contributed by atoms with E-state index in [1.54, 1.807) is 42.7 Å². The largest absolute Gasteiger partial charge is 0.507 e. The fraction of sp³-hybridized carbons (Fsp3) is 0.174. The molecule has 0 saturated carbocycles. The monoisotopic (exact) mass is 420 g/mol. The van der Waals surface area contributed by atoms with Crippen molar-refractivity contribution in [1.29, 1.82) is 0 Å². The Morgan fingerprint density at radius 1 is 1.20 bits per heavy atom. The third-order valence-electron chi connectivity index (χ3n) is 4.85. The molecule has 7 heteroatoms. The van der Waals surface area contributed by atoms with Crippen LogP contribution in [0.15, 0.2) is 71.9 Å². The smallest absolute Gasteiger partial charge is 0.295 e. The number of nitrogens with zero attached hydrogens (tertiary/aromatic N) is 2. The summed E-state index contributed by atoms with van der Waals surface area (Å²) in [5.41, 5.74) is 1.32. The van der Waals surface area contributed by atoms with Gasteiger partial charge in [0.2, 0.25) is 0 Å². The van der Waals surface area contributed by atoms with Crippen LogP contribution in [0, 0.1) is 0 Å². The minimum Gasteiger partial charge on any atom is -0.507 e. The van der Waals surface area contributed by atoms with E-state index in [4.69, 9.17) is 4.74 Å². The molecule has 1 N–H and O–H groups in total. The summed E-state index contributed by atoms with van der Waals surface area (Å²) in [5.74, 6) is -0.961. The fourth-order valence-corrected chi connectivity index (χ4v) is 4.37. The van der Waals surface area contributed by atoms with Crippen molar-refractivity contribution >= 4 is 28.8 Å². The van der Waals surface area contributed by atoms with Crippen molar-refractivity contribution in [3.8, 4) is 5.75 Å². The van der Waals surface area contributed by atoms with Gasteiger partial charge in [-0.05, 0) is 42.1 Å². The predicted octanol–water partition coefficient (Wildman–Crippen LogP) is 4.16. The molecular weight excluding hydrogens is 400 g/mol. The molecule has 3 heterocycles. The molecule has 152 valence electrons. The van der Waals surface area contributed by atoms with Crippen LogP contribution in [0.2, 0.25) is 0 Å². The number of hydrogen-bond donors (Lipinski definition) is 1. The highest BCUT2D eigenvalue weighted by atomic mass is 32.1. The van der Waals surface area contributed by atoms with Crippen molar-refractivity contribution in [3.63, 3.8) is 0 Å². The zero-order valence-corrected chi connectivity index (χ0v) is 17.1. The summed E-state index contributed by atoms with van der Waals surface area (Å²) < 4.78 is 5.51. The number of aliphatic hydroxyl groups is 1. The molecule has 0 aliphatic carbocycles. The SMILES string of the molecule is CCOc1cccc(C(O)=C2C(=O)C(=O)N(Cc3cccnc3)C2c2cccs2)c1. The molecule has 1 aromatic carbocycles. The van der Waals surface area contributed by atoms with Gasteiger partial charge in [0.25, 0.3) is 11.7 Å². The second-order valence-corrected chi connectivity index (χ2v) is 7.74. The predicted molar refractivity (Wildman–Crippen MR) is 114 cm³/mol. The van der Waals surface area contributed by atoms with Crippen LogP contribution in [0.5, 0.6) is 5.75 Å². The number of benzene rings is 1. The van der Waals surface area contributed by atoms with Crippen molar-refractivity contribution in [3.05, 3.63) is 87.9 Å². The van der Waals surface area contributed by atoms with E-state index in [0.29, 0.717) is 17.9 Å². The molecule has 0 radical (unpaired) electrons. The molecule has 1 unspecified atom stereocenters. The minimum absolute atomic E-state index is 0.0833. The van der Waals surface area contributed by atoms with Crippen LogP contribution in [-0.4, -0.2) is 33.3 Å². The first-order chi connectivity index (χ1) is 14.6. The van der Waals surface area contributed by atoms with Gasteiger partial charge < -0.3 is 14.7 Å². The lowest BCUT2D eigenvalue weighted by Gasteiger charge is -2.24. The summed E-state index contributed by atoms with van der Waals surface area (Å²) >= 11 is 1.43. The molecule has 30 heavy (non-hydrogen) atoms.